The van der Waals surface area contributed by atoms with Crippen molar-refractivity contribution in [2.45, 2.75) is 51.6 Å². The van der Waals surface area contributed by atoms with Crippen molar-refractivity contribution in [1.29, 1.82) is 0 Å². The Bertz CT molecular complexity index is 1040. The van der Waals surface area contributed by atoms with Gasteiger partial charge in [-0.3, -0.25) is 14.4 Å². The number of carbonyl (C=O) groups excluding carboxylic acids is 3. The third-order valence-electron chi connectivity index (χ3n) is 5.95. The van der Waals surface area contributed by atoms with Crippen molar-refractivity contribution in [2.75, 3.05) is 18.4 Å². The minimum atomic E-state index is -0.773. The molecule has 0 bridgehead atoms. The number of imidazole rings is 1. The van der Waals surface area contributed by atoms with Gasteiger partial charge in [0.1, 0.15) is 11.5 Å². The number of carbonyl (C=O) groups is 3. The highest BCUT2D eigenvalue weighted by Crippen LogP contribution is 2.31. The molecule has 1 heterocycles. The van der Waals surface area contributed by atoms with Gasteiger partial charge in [-0.1, -0.05) is 25.4 Å². The molecule has 0 aliphatic heterocycles. The van der Waals surface area contributed by atoms with Gasteiger partial charge >= 0.3 is 0 Å². The monoisotopic (exact) mass is 492 g/mol. The van der Waals surface area contributed by atoms with Gasteiger partial charge in [0.05, 0.1) is 17.0 Å². The largest absolute Gasteiger partial charge is 0.364 e. The summed E-state index contributed by atoms with van der Waals surface area (Å²) in [7, 11) is 0. The first-order valence-corrected chi connectivity index (χ1v) is 11.7. The number of nitrogens with two attached hydrogens (primary N) is 1. The molecule has 0 saturated heterocycles. The lowest BCUT2D eigenvalue weighted by atomic mass is 9.84. The van der Waals surface area contributed by atoms with Crippen LogP contribution in [0.3, 0.4) is 0 Å². The van der Waals surface area contributed by atoms with Crippen molar-refractivity contribution >= 4 is 35.0 Å². The van der Waals surface area contributed by atoms with E-state index in [1.807, 2.05) is 13.8 Å². The lowest BCUT2D eigenvalue weighted by molar-refractivity contribution is -0.121. The van der Waals surface area contributed by atoms with E-state index in [2.05, 4.69) is 20.6 Å². The van der Waals surface area contributed by atoms with Crippen molar-refractivity contribution in [3.05, 3.63) is 46.8 Å². The Morgan fingerprint density at radius 3 is 2.59 bits per heavy atom. The van der Waals surface area contributed by atoms with E-state index in [1.54, 1.807) is 4.90 Å². The molecule has 1 aromatic heterocycles. The minimum absolute atomic E-state index is 0.0721. The molecule has 0 radical (unpaired) electrons. The topological polar surface area (TPSA) is 133 Å². The molecule has 2 aromatic rings. The standard InChI is InChI=1S/C23H30ClFN6O3/c1-13(2)27-9-10-31(23(34)20-19(21(26)32)28-12-29-20)16-6-3-14(4-7-16)22(33)30-18-8-5-15(25)11-17(18)24/h5,8,11-14,16,27H,3-4,6-7,9-10H2,1-2H3,(H2,26,32)(H,28,29)(H,30,33). The van der Waals surface area contributed by atoms with Crippen molar-refractivity contribution in [3.63, 3.8) is 0 Å². The van der Waals surface area contributed by atoms with E-state index in [0.29, 0.717) is 44.5 Å². The Hall–Kier alpha value is -2.98. The van der Waals surface area contributed by atoms with Crippen molar-refractivity contribution in [3.8, 4) is 0 Å². The average molecular weight is 493 g/mol. The van der Waals surface area contributed by atoms with Crippen LogP contribution in [-0.4, -0.2) is 57.8 Å². The fraction of sp³-hybridized carbons (Fsp3) is 0.478. The zero-order valence-electron chi connectivity index (χ0n) is 19.2. The van der Waals surface area contributed by atoms with Crippen molar-refractivity contribution in [1.82, 2.24) is 20.2 Å². The zero-order chi connectivity index (χ0) is 24.8. The maximum absolute atomic E-state index is 13.3. The maximum atomic E-state index is 13.3. The quantitative estimate of drug-likeness (QED) is 0.427. The number of aromatic nitrogens is 2. The molecule has 0 atom stereocenters. The van der Waals surface area contributed by atoms with Crippen LogP contribution < -0.4 is 16.4 Å². The maximum Gasteiger partial charge on any atom is 0.273 e. The highest BCUT2D eigenvalue weighted by Gasteiger charge is 2.34. The van der Waals surface area contributed by atoms with Crippen molar-refractivity contribution in [2.24, 2.45) is 11.7 Å². The number of primary amides is 1. The predicted octanol–water partition coefficient (Wildman–Crippen LogP) is 2.94. The molecule has 3 amide bonds. The second-order valence-electron chi connectivity index (χ2n) is 8.72. The van der Waals surface area contributed by atoms with Gasteiger partial charge in [-0.2, -0.15) is 0 Å². The van der Waals surface area contributed by atoms with Gasteiger partial charge in [-0.25, -0.2) is 9.37 Å². The molecule has 184 valence electrons. The zero-order valence-corrected chi connectivity index (χ0v) is 20.0. The third kappa shape index (κ3) is 6.32. The van der Waals surface area contributed by atoms with E-state index >= 15 is 0 Å². The van der Waals surface area contributed by atoms with Gasteiger partial charge in [-0.15, -0.1) is 0 Å². The number of hydrogen-bond acceptors (Lipinski definition) is 5. The Morgan fingerprint density at radius 2 is 1.97 bits per heavy atom. The number of benzene rings is 1. The van der Waals surface area contributed by atoms with E-state index in [-0.39, 0.29) is 46.2 Å². The number of amides is 3. The Balaban J connectivity index is 1.67. The predicted molar refractivity (Wildman–Crippen MR) is 127 cm³/mol. The van der Waals surface area contributed by atoms with Crippen LogP contribution in [0.5, 0.6) is 0 Å². The number of hydrogen-bond donors (Lipinski definition) is 4. The van der Waals surface area contributed by atoms with Crippen LogP contribution in [0.4, 0.5) is 10.1 Å². The Kier molecular flexibility index (Phi) is 8.62. The van der Waals surface area contributed by atoms with Crippen LogP contribution in [0.1, 0.15) is 60.5 Å². The first kappa shape index (κ1) is 25.6. The second kappa shape index (κ2) is 11.4. The average Bonchev–Trinajstić information content (AvgIpc) is 3.29. The van der Waals surface area contributed by atoms with E-state index in [4.69, 9.17) is 17.3 Å². The number of nitrogens with zero attached hydrogens (tertiary/aromatic N) is 2. The van der Waals surface area contributed by atoms with E-state index in [1.165, 1.54) is 18.5 Å². The summed E-state index contributed by atoms with van der Waals surface area (Å²) in [5.74, 6) is -2.03. The van der Waals surface area contributed by atoms with Crippen LogP contribution in [-0.2, 0) is 4.79 Å². The fourth-order valence-electron chi connectivity index (χ4n) is 4.19. The number of aromatic amines is 1. The molecular weight excluding hydrogens is 463 g/mol. The molecule has 1 saturated carbocycles. The van der Waals surface area contributed by atoms with Crippen LogP contribution >= 0.6 is 11.6 Å². The highest BCUT2D eigenvalue weighted by molar-refractivity contribution is 6.33. The molecule has 1 aliphatic carbocycles. The molecule has 5 N–H and O–H groups in total. The van der Waals surface area contributed by atoms with Gasteiger partial charge in [0.25, 0.3) is 11.8 Å². The summed E-state index contributed by atoms with van der Waals surface area (Å²) in [6, 6.07) is 3.97. The van der Waals surface area contributed by atoms with Gasteiger partial charge < -0.3 is 26.3 Å². The van der Waals surface area contributed by atoms with Crippen LogP contribution in [0, 0.1) is 11.7 Å². The molecule has 1 aliphatic rings. The van der Waals surface area contributed by atoms with E-state index < -0.39 is 11.7 Å². The van der Waals surface area contributed by atoms with Crippen LogP contribution in [0.2, 0.25) is 5.02 Å². The molecule has 3 rings (SSSR count). The summed E-state index contributed by atoms with van der Waals surface area (Å²) in [5.41, 5.74) is 5.72. The summed E-state index contributed by atoms with van der Waals surface area (Å²) in [6.45, 7) is 5.04. The van der Waals surface area contributed by atoms with Gasteiger partial charge in [0.2, 0.25) is 5.91 Å². The Morgan fingerprint density at radius 1 is 1.26 bits per heavy atom. The summed E-state index contributed by atoms with van der Waals surface area (Å²) in [6.07, 6.45) is 3.65. The van der Waals surface area contributed by atoms with E-state index in [0.717, 1.165) is 6.07 Å². The van der Waals surface area contributed by atoms with Crippen molar-refractivity contribution < 1.29 is 18.8 Å². The summed E-state index contributed by atoms with van der Waals surface area (Å²) >= 11 is 6.02. The first-order valence-electron chi connectivity index (χ1n) is 11.3. The SMILES string of the molecule is CC(C)NCCN(C(=O)c1[nH]cnc1C(N)=O)C1CCC(C(=O)Nc2ccc(F)cc2Cl)CC1. The summed E-state index contributed by atoms with van der Waals surface area (Å²) in [5, 5.41) is 6.21. The minimum Gasteiger partial charge on any atom is -0.364 e. The number of anilines is 1. The molecule has 1 fully saturated rings. The molecule has 11 heteroatoms. The van der Waals surface area contributed by atoms with Gasteiger partial charge in [-0.05, 0) is 43.9 Å². The number of nitrogens with one attached hydrogen (secondary N) is 3. The summed E-state index contributed by atoms with van der Waals surface area (Å²) < 4.78 is 13.3. The lowest BCUT2D eigenvalue weighted by Gasteiger charge is -2.36. The molecular formula is C23H30ClFN6O3. The first-order chi connectivity index (χ1) is 16.2. The number of rotatable bonds is 9. The normalized spacial score (nSPS) is 18.0. The number of H-pyrrole nitrogens is 1. The lowest BCUT2D eigenvalue weighted by Crippen LogP contribution is -2.47. The molecule has 0 unspecified atom stereocenters. The highest BCUT2D eigenvalue weighted by atomic mass is 35.5. The van der Waals surface area contributed by atoms with Gasteiger partial charge in [0.15, 0.2) is 5.69 Å². The molecule has 0 spiro atoms. The Labute approximate surface area is 202 Å². The second-order valence-corrected chi connectivity index (χ2v) is 9.12. The third-order valence-corrected chi connectivity index (χ3v) is 6.26. The van der Waals surface area contributed by atoms with Crippen LogP contribution in [0.15, 0.2) is 24.5 Å². The molecule has 9 nitrogen and oxygen atoms in total. The van der Waals surface area contributed by atoms with Crippen LogP contribution in [0.25, 0.3) is 0 Å². The van der Waals surface area contributed by atoms with Gasteiger partial charge in [0, 0.05) is 31.1 Å². The van der Waals surface area contributed by atoms with E-state index in [9.17, 15) is 18.8 Å². The molecule has 34 heavy (non-hydrogen) atoms. The molecule has 1 aromatic carbocycles. The smallest absolute Gasteiger partial charge is 0.273 e. The summed E-state index contributed by atoms with van der Waals surface area (Å²) in [4.78, 5) is 46.1. The number of halogens is 2. The fourth-order valence-corrected chi connectivity index (χ4v) is 4.40.